The fourth-order valence-corrected chi connectivity index (χ4v) is 4.49. The van der Waals surface area contributed by atoms with Gasteiger partial charge in [0.25, 0.3) is 0 Å². The Hall–Kier alpha value is -2.53. The first-order valence-electron chi connectivity index (χ1n) is 9.66. The maximum Gasteiger partial charge on any atom is 0.200 e. The minimum absolute atomic E-state index is 0.246. The molecule has 0 aromatic heterocycles. The van der Waals surface area contributed by atoms with Crippen molar-refractivity contribution in [3.05, 3.63) is 59.7 Å². The van der Waals surface area contributed by atoms with Crippen LogP contribution >= 0.6 is 0 Å². The van der Waals surface area contributed by atoms with Crippen LogP contribution in [-0.2, 0) is 0 Å². The molecule has 1 unspecified atom stereocenters. The van der Waals surface area contributed by atoms with Crippen LogP contribution in [0.3, 0.4) is 0 Å². The average Bonchev–Trinajstić information content (AvgIpc) is 3.17. The molecular formula is C22H25N3O2. The van der Waals surface area contributed by atoms with E-state index in [0.29, 0.717) is 0 Å². The number of likely N-dealkylation sites (tertiary alicyclic amines) is 1. The van der Waals surface area contributed by atoms with E-state index in [0.717, 1.165) is 55.1 Å². The number of benzene rings is 2. The van der Waals surface area contributed by atoms with Gasteiger partial charge in [-0.3, -0.25) is 0 Å². The van der Waals surface area contributed by atoms with Crippen LogP contribution < -0.4 is 9.47 Å². The predicted molar refractivity (Wildman–Crippen MR) is 105 cm³/mol. The number of methoxy groups -OCH3 is 1. The average molecular weight is 363 g/mol. The van der Waals surface area contributed by atoms with Gasteiger partial charge in [0.15, 0.2) is 0 Å². The fraction of sp³-hybridized carbons (Fsp3) is 0.409. The predicted octanol–water partition coefficient (Wildman–Crippen LogP) is 3.66. The Labute approximate surface area is 160 Å². The van der Waals surface area contributed by atoms with Crippen molar-refractivity contribution in [1.29, 1.82) is 0 Å². The van der Waals surface area contributed by atoms with Gasteiger partial charge in [-0.15, -0.1) is 0 Å². The van der Waals surface area contributed by atoms with E-state index in [2.05, 4.69) is 53.4 Å². The summed E-state index contributed by atoms with van der Waals surface area (Å²) in [6, 6.07) is 16.9. The van der Waals surface area contributed by atoms with E-state index in [-0.39, 0.29) is 11.8 Å². The molecule has 5 heteroatoms. The lowest BCUT2D eigenvalue weighted by molar-refractivity contribution is -0.147. The van der Waals surface area contributed by atoms with Gasteiger partial charge in [0.05, 0.1) is 18.9 Å². The monoisotopic (exact) mass is 363 g/mol. The zero-order chi connectivity index (χ0) is 18.4. The number of nitrogens with zero attached hydrogens (tertiary/aromatic N) is 3. The van der Waals surface area contributed by atoms with Crippen molar-refractivity contribution in [2.45, 2.75) is 31.0 Å². The second-order valence-electron chi connectivity index (χ2n) is 7.73. The first kappa shape index (κ1) is 16.6. The van der Waals surface area contributed by atoms with E-state index in [1.54, 1.807) is 7.11 Å². The van der Waals surface area contributed by atoms with Gasteiger partial charge in [0.1, 0.15) is 11.5 Å². The van der Waals surface area contributed by atoms with Gasteiger partial charge >= 0.3 is 0 Å². The number of ether oxygens (including phenoxy) is 2. The summed E-state index contributed by atoms with van der Waals surface area (Å²) in [7, 11) is 3.87. The second kappa shape index (κ2) is 6.27. The highest BCUT2D eigenvalue weighted by atomic mass is 16.5. The lowest BCUT2D eigenvalue weighted by Crippen LogP contribution is -2.58. The molecule has 2 aromatic carbocycles. The van der Waals surface area contributed by atoms with Crippen LogP contribution in [0.1, 0.15) is 36.4 Å². The first-order chi connectivity index (χ1) is 13.2. The fourth-order valence-electron chi connectivity index (χ4n) is 4.49. The molecule has 140 valence electrons. The zero-order valence-corrected chi connectivity index (χ0v) is 15.9. The molecule has 0 N–H and O–H groups in total. The number of para-hydroxylation sites is 1. The van der Waals surface area contributed by atoms with E-state index in [4.69, 9.17) is 14.6 Å². The Bertz CT molecular complexity index is 869. The quantitative estimate of drug-likeness (QED) is 0.816. The normalized spacial score (nSPS) is 23.4. The topological polar surface area (TPSA) is 37.3 Å². The minimum atomic E-state index is -0.334. The van der Waals surface area contributed by atoms with Crippen LogP contribution in [0.25, 0.3) is 0 Å². The lowest BCUT2D eigenvalue weighted by Gasteiger charge is -2.50. The third-order valence-corrected chi connectivity index (χ3v) is 6.10. The molecule has 3 aliphatic rings. The summed E-state index contributed by atoms with van der Waals surface area (Å²) in [5.74, 6) is 1.89. The molecule has 0 aliphatic carbocycles. The molecule has 1 atom stereocenters. The summed E-state index contributed by atoms with van der Waals surface area (Å²) in [5.41, 5.74) is 3.20. The Morgan fingerprint density at radius 3 is 2.56 bits per heavy atom. The third kappa shape index (κ3) is 2.69. The van der Waals surface area contributed by atoms with E-state index < -0.39 is 0 Å². The van der Waals surface area contributed by atoms with Crippen molar-refractivity contribution in [1.82, 2.24) is 9.91 Å². The molecule has 5 nitrogen and oxygen atoms in total. The Morgan fingerprint density at radius 2 is 1.81 bits per heavy atom. The second-order valence-corrected chi connectivity index (χ2v) is 7.73. The molecule has 5 rings (SSSR count). The largest absolute Gasteiger partial charge is 0.497 e. The van der Waals surface area contributed by atoms with E-state index >= 15 is 0 Å². The summed E-state index contributed by atoms with van der Waals surface area (Å²) < 4.78 is 11.9. The van der Waals surface area contributed by atoms with Gasteiger partial charge in [-0.2, -0.15) is 5.10 Å². The minimum Gasteiger partial charge on any atom is -0.497 e. The molecule has 0 radical (unpaired) electrons. The number of piperidine rings is 1. The van der Waals surface area contributed by atoms with Gasteiger partial charge in [0.2, 0.25) is 5.72 Å². The molecule has 0 bridgehead atoms. The Morgan fingerprint density at radius 1 is 1.07 bits per heavy atom. The molecule has 0 saturated carbocycles. The number of hydrazone groups is 1. The molecule has 1 fully saturated rings. The van der Waals surface area contributed by atoms with Gasteiger partial charge in [-0.1, -0.05) is 18.2 Å². The standard InChI is InChI=1S/C22H25N3O2/c1-24-13-11-22(12-14-24)25-20(18-5-3-4-6-21(18)27-22)15-19(23-25)16-7-9-17(26-2)10-8-16/h3-10,20H,11-15H2,1-2H3. The first-order valence-corrected chi connectivity index (χ1v) is 9.66. The lowest BCUT2D eigenvalue weighted by atomic mass is 9.91. The van der Waals surface area contributed by atoms with Crippen molar-refractivity contribution >= 4 is 5.71 Å². The summed E-state index contributed by atoms with van der Waals surface area (Å²) in [4.78, 5) is 2.37. The Kier molecular flexibility index (Phi) is 3.86. The molecule has 1 spiro atoms. The molecule has 3 heterocycles. The Balaban J connectivity index is 1.54. The van der Waals surface area contributed by atoms with Gasteiger partial charge in [-0.05, 0) is 42.9 Å². The van der Waals surface area contributed by atoms with Crippen molar-refractivity contribution in [3.63, 3.8) is 0 Å². The van der Waals surface area contributed by atoms with E-state index in [1.807, 2.05) is 12.1 Å². The van der Waals surface area contributed by atoms with Crippen LogP contribution in [0, 0.1) is 0 Å². The van der Waals surface area contributed by atoms with Crippen molar-refractivity contribution < 1.29 is 9.47 Å². The van der Waals surface area contributed by atoms with Gasteiger partial charge in [0, 0.05) is 37.9 Å². The third-order valence-electron chi connectivity index (χ3n) is 6.10. The van der Waals surface area contributed by atoms with Crippen molar-refractivity contribution in [2.24, 2.45) is 5.10 Å². The zero-order valence-electron chi connectivity index (χ0n) is 15.9. The number of rotatable bonds is 2. The van der Waals surface area contributed by atoms with Gasteiger partial charge in [-0.25, -0.2) is 5.01 Å². The van der Waals surface area contributed by atoms with Crippen LogP contribution in [0.5, 0.6) is 11.5 Å². The molecule has 1 saturated heterocycles. The van der Waals surface area contributed by atoms with Crippen LogP contribution in [0.15, 0.2) is 53.6 Å². The number of fused-ring (bicyclic) bond motifs is 4. The summed E-state index contributed by atoms with van der Waals surface area (Å²) in [6.07, 6.45) is 2.84. The molecule has 0 amide bonds. The highest BCUT2D eigenvalue weighted by molar-refractivity contribution is 6.02. The van der Waals surface area contributed by atoms with Crippen molar-refractivity contribution in [2.75, 3.05) is 27.2 Å². The number of hydrogen-bond donors (Lipinski definition) is 0. The molecule has 3 aliphatic heterocycles. The summed E-state index contributed by atoms with van der Waals surface area (Å²) in [6.45, 7) is 2.05. The highest BCUT2D eigenvalue weighted by Gasteiger charge is 2.51. The summed E-state index contributed by atoms with van der Waals surface area (Å²) >= 11 is 0. The molecular weight excluding hydrogens is 338 g/mol. The molecule has 27 heavy (non-hydrogen) atoms. The van der Waals surface area contributed by atoms with E-state index in [1.165, 1.54) is 5.56 Å². The molecule has 2 aromatic rings. The maximum absolute atomic E-state index is 6.62. The smallest absolute Gasteiger partial charge is 0.200 e. The van der Waals surface area contributed by atoms with Crippen LogP contribution in [0.4, 0.5) is 0 Å². The van der Waals surface area contributed by atoms with Crippen LogP contribution in [-0.4, -0.2) is 48.6 Å². The van der Waals surface area contributed by atoms with Gasteiger partial charge < -0.3 is 14.4 Å². The maximum atomic E-state index is 6.62. The highest BCUT2D eigenvalue weighted by Crippen LogP contribution is 2.49. The van der Waals surface area contributed by atoms with Crippen molar-refractivity contribution in [3.8, 4) is 11.5 Å². The SMILES string of the molecule is COc1ccc(C2=NN3C(C2)c2ccccc2OC32CCN(C)CC2)cc1. The summed E-state index contributed by atoms with van der Waals surface area (Å²) in [5, 5.41) is 7.37. The van der Waals surface area contributed by atoms with E-state index in [9.17, 15) is 0 Å². The van der Waals surface area contributed by atoms with Crippen LogP contribution in [0.2, 0.25) is 0 Å². The number of hydrogen-bond acceptors (Lipinski definition) is 5.